The Hall–Kier alpha value is -0.980. The molecule has 2 aromatic heterocycles. The molecule has 1 N–H and O–H groups in total. The Labute approximate surface area is 111 Å². The van der Waals surface area contributed by atoms with E-state index < -0.39 is 13.0 Å². The molecule has 4 nitrogen and oxygen atoms in total. The van der Waals surface area contributed by atoms with E-state index in [1.807, 2.05) is 0 Å². The number of aromatic nitrogens is 3. The minimum Gasteiger partial charge on any atom is -0.375 e. The molecule has 0 amide bonds. The molecule has 2 rings (SSSR count). The van der Waals surface area contributed by atoms with Crippen LogP contribution in [0.25, 0.3) is 11.2 Å². The summed E-state index contributed by atoms with van der Waals surface area (Å²) in [6.45, 7) is -0.415. The van der Waals surface area contributed by atoms with Gasteiger partial charge in [-0.2, -0.15) is 0 Å². The molecule has 2 heterocycles. The Kier molecular flexibility index (Phi) is 4.31. The second-order valence-corrected chi connectivity index (χ2v) is 4.30. The fourth-order valence-electron chi connectivity index (χ4n) is 1.41. The molecule has 0 aliphatic heterocycles. The van der Waals surface area contributed by atoms with Crippen molar-refractivity contribution in [3.63, 3.8) is 0 Å². The Morgan fingerprint density at radius 1 is 1.33 bits per heavy atom. The van der Waals surface area contributed by atoms with Gasteiger partial charge in [-0.3, -0.25) is 0 Å². The van der Waals surface area contributed by atoms with Crippen molar-refractivity contribution in [2.45, 2.75) is 12.8 Å². The Balaban J connectivity index is 2.02. The van der Waals surface area contributed by atoms with E-state index >= 15 is 0 Å². The molecule has 18 heavy (non-hydrogen) atoms. The highest BCUT2D eigenvalue weighted by Gasteiger charge is 2.08. The van der Waals surface area contributed by atoms with E-state index in [1.165, 1.54) is 0 Å². The normalized spacial score (nSPS) is 11.6. The average Bonchev–Trinajstić information content (AvgIpc) is 2.67. The van der Waals surface area contributed by atoms with Gasteiger partial charge in [-0.1, -0.05) is 23.2 Å². The fourth-order valence-corrected chi connectivity index (χ4v) is 1.69. The molecule has 0 saturated heterocycles. The molecule has 0 bridgehead atoms. The monoisotopic (exact) mass is 295 g/mol. The van der Waals surface area contributed by atoms with E-state index in [-0.39, 0.29) is 11.8 Å². The molecule has 0 fully saturated rings. The smallest absolute Gasteiger partial charge is 0.261 e. The Bertz CT molecular complexity index is 508. The lowest BCUT2D eigenvalue weighted by atomic mass is 10.4. The number of aromatic amines is 1. The van der Waals surface area contributed by atoms with Crippen molar-refractivity contribution in [3.05, 3.63) is 22.1 Å². The molecular formula is C10H9Cl2F2N3O. The van der Waals surface area contributed by atoms with Crippen LogP contribution in [0.2, 0.25) is 10.2 Å². The van der Waals surface area contributed by atoms with Gasteiger partial charge in [0.05, 0.1) is 17.1 Å². The minimum absolute atomic E-state index is 0.158. The molecule has 8 heteroatoms. The van der Waals surface area contributed by atoms with E-state index in [4.69, 9.17) is 27.9 Å². The summed E-state index contributed by atoms with van der Waals surface area (Å²) in [5, 5.41) is 0.504. The maximum atomic E-state index is 11.8. The lowest BCUT2D eigenvalue weighted by Crippen LogP contribution is -2.07. The SMILES string of the molecule is FC(F)COCCc1nc2nc(Cl)c(Cl)cc2[nH]1. The zero-order valence-corrected chi connectivity index (χ0v) is 10.6. The van der Waals surface area contributed by atoms with Crippen LogP contribution in [0.15, 0.2) is 6.07 Å². The van der Waals surface area contributed by atoms with Crippen molar-refractivity contribution in [1.82, 2.24) is 15.0 Å². The second kappa shape index (κ2) is 5.77. The first-order valence-electron chi connectivity index (χ1n) is 5.13. The lowest BCUT2D eigenvalue weighted by Gasteiger charge is -2.00. The van der Waals surface area contributed by atoms with Gasteiger partial charge in [-0.15, -0.1) is 0 Å². The van der Waals surface area contributed by atoms with Gasteiger partial charge < -0.3 is 9.72 Å². The zero-order valence-electron chi connectivity index (χ0n) is 9.09. The number of rotatable bonds is 5. The molecule has 2 aromatic rings. The number of alkyl halides is 2. The maximum absolute atomic E-state index is 11.8. The second-order valence-electron chi connectivity index (χ2n) is 3.53. The van der Waals surface area contributed by atoms with Gasteiger partial charge >= 0.3 is 0 Å². The van der Waals surface area contributed by atoms with Gasteiger partial charge in [0.15, 0.2) is 5.65 Å². The summed E-state index contributed by atoms with van der Waals surface area (Å²) in [5.41, 5.74) is 1.08. The van der Waals surface area contributed by atoms with Gasteiger partial charge in [0, 0.05) is 6.42 Å². The quantitative estimate of drug-likeness (QED) is 0.681. The largest absolute Gasteiger partial charge is 0.375 e. The Morgan fingerprint density at radius 2 is 2.11 bits per heavy atom. The highest BCUT2D eigenvalue weighted by Crippen LogP contribution is 2.23. The van der Waals surface area contributed by atoms with Crippen LogP contribution in [0.3, 0.4) is 0 Å². The number of fused-ring (bicyclic) bond motifs is 1. The van der Waals surface area contributed by atoms with Crippen LogP contribution in [0.5, 0.6) is 0 Å². The van der Waals surface area contributed by atoms with Crippen LogP contribution in [-0.4, -0.2) is 34.6 Å². The molecule has 0 aliphatic carbocycles. The van der Waals surface area contributed by atoms with Crippen LogP contribution in [-0.2, 0) is 11.2 Å². The van der Waals surface area contributed by atoms with Crippen molar-refractivity contribution in [1.29, 1.82) is 0 Å². The van der Waals surface area contributed by atoms with Crippen LogP contribution in [0.1, 0.15) is 5.82 Å². The third-order valence-corrected chi connectivity index (χ3v) is 2.83. The number of imidazole rings is 1. The fraction of sp³-hybridized carbons (Fsp3) is 0.400. The van der Waals surface area contributed by atoms with Gasteiger partial charge in [-0.05, 0) is 6.07 Å². The molecule has 0 aliphatic rings. The predicted octanol–water partition coefficient (Wildman–Crippen LogP) is 3.09. The summed E-state index contributed by atoms with van der Waals surface area (Å²) < 4.78 is 28.4. The summed E-state index contributed by atoms with van der Waals surface area (Å²) in [5.74, 6) is 0.588. The van der Waals surface area contributed by atoms with Crippen molar-refractivity contribution >= 4 is 34.4 Å². The lowest BCUT2D eigenvalue weighted by molar-refractivity contribution is 0.0183. The first-order valence-corrected chi connectivity index (χ1v) is 5.88. The van der Waals surface area contributed by atoms with Crippen molar-refractivity contribution in [2.75, 3.05) is 13.2 Å². The summed E-state index contributed by atoms with van der Waals surface area (Å²) in [7, 11) is 0. The van der Waals surface area contributed by atoms with Crippen molar-refractivity contribution < 1.29 is 13.5 Å². The van der Waals surface area contributed by atoms with Gasteiger partial charge in [0.25, 0.3) is 6.43 Å². The molecule has 0 radical (unpaired) electrons. The molecular weight excluding hydrogens is 287 g/mol. The number of halogens is 4. The first-order chi connectivity index (χ1) is 8.56. The summed E-state index contributed by atoms with van der Waals surface area (Å²) >= 11 is 11.6. The number of pyridine rings is 1. The molecule has 0 aromatic carbocycles. The van der Waals surface area contributed by atoms with E-state index in [0.29, 0.717) is 28.4 Å². The highest BCUT2D eigenvalue weighted by molar-refractivity contribution is 6.41. The summed E-state index contributed by atoms with van der Waals surface area (Å²) in [6.07, 6.45) is -2.07. The van der Waals surface area contributed by atoms with Gasteiger partial charge in [0.1, 0.15) is 17.6 Å². The first kappa shape index (κ1) is 13.5. The highest BCUT2D eigenvalue weighted by atomic mass is 35.5. The summed E-state index contributed by atoms with van der Waals surface area (Å²) in [6, 6.07) is 1.61. The van der Waals surface area contributed by atoms with E-state index in [2.05, 4.69) is 15.0 Å². The third-order valence-electron chi connectivity index (χ3n) is 2.16. The molecule has 0 atom stereocenters. The van der Waals surface area contributed by atoms with Crippen LogP contribution >= 0.6 is 23.2 Å². The van der Waals surface area contributed by atoms with Gasteiger partial charge in [-0.25, -0.2) is 18.7 Å². The average molecular weight is 296 g/mol. The van der Waals surface area contributed by atoms with Crippen molar-refractivity contribution in [2.24, 2.45) is 0 Å². The van der Waals surface area contributed by atoms with E-state index in [0.717, 1.165) is 0 Å². The Morgan fingerprint density at radius 3 is 2.83 bits per heavy atom. The number of nitrogens with zero attached hydrogens (tertiary/aromatic N) is 2. The number of H-pyrrole nitrogens is 1. The third kappa shape index (κ3) is 3.28. The van der Waals surface area contributed by atoms with Gasteiger partial charge in [0.2, 0.25) is 0 Å². The number of nitrogens with one attached hydrogen (secondary N) is 1. The van der Waals surface area contributed by atoms with E-state index in [9.17, 15) is 8.78 Å². The van der Waals surface area contributed by atoms with Crippen LogP contribution in [0.4, 0.5) is 8.78 Å². The molecule has 0 saturated carbocycles. The number of hydrogen-bond donors (Lipinski definition) is 1. The molecule has 0 spiro atoms. The van der Waals surface area contributed by atoms with Crippen LogP contribution < -0.4 is 0 Å². The zero-order chi connectivity index (χ0) is 13.1. The predicted molar refractivity (Wildman–Crippen MR) is 64.4 cm³/mol. The number of ether oxygens (including phenoxy) is 1. The van der Waals surface area contributed by atoms with Crippen molar-refractivity contribution in [3.8, 4) is 0 Å². The standard InChI is InChI=1S/C10H9Cl2F2N3O/c11-5-3-6-10(17-9(5)12)16-8(15-6)1-2-18-4-7(13)14/h3,7H,1-2,4H2,(H,15,16,17). The molecule has 0 unspecified atom stereocenters. The van der Waals surface area contributed by atoms with E-state index in [1.54, 1.807) is 6.07 Å². The topological polar surface area (TPSA) is 50.8 Å². The molecule has 98 valence electrons. The maximum Gasteiger partial charge on any atom is 0.261 e. The number of hydrogen-bond acceptors (Lipinski definition) is 3. The van der Waals surface area contributed by atoms with Crippen LogP contribution in [0, 0.1) is 0 Å². The summed E-state index contributed by atoms with van der Waals surface area (Å²) in [4.78, 5) is 11.1. The minimum atomic E-state index is -2.46.